The number of halogens is 32. The molecule has 52 heteroatoms. The van der Waals surface area contributed by atoms with Gasteiger partial charge in [-0.2, -0.15) is 0 Å². The summed E-state index contributed by atoms with van der Waals surface area (Å²) in [5, 5.41) is 0. The number of aromatic nitrogens is 12. The molecular weight excluding hydrogens is 2020 g/mol. The summed E-state index contributed by atoms with van der Waals surface area (Å²) in [6, 6.07) is 46.1. The second-order valence-electron chi connectivity index (χ2n) is 17.0. The van der Waals surface area contributed by atoms with Crippen LogP contribution < -0.4 is 24.8 Å². The average Bonchev–Trinajstić information content (AvgIpc) is 0.795. The van der Waals surface area contributed by atoms with Crippen molar-refractivity contribution < 1.29 is 210 Å². The molecule has 0 amide bonds. The third kappa shape index (κ3) is 70.3. The van der Waals surface area contributed by atoms with E-state index in [1.165, 1.54) is 0 Å². The molecule has 10 aromatic rings. The standard InChI is InChI=1S/2C14H10N4.2C10H8N2.2ClH.5F6P.2Os.Rh/c2*1-3-7-15-11(5-1)13-14(18-10-9-17-13)12-6-2-4-8-16-12;2*1-3-7-11-9(5-1)10-6-2-4-8-12-10;;;5*1-7(2,3,4,5)6;;;/h2*1-10H;2*1-8H;2*1H;;;;;;;;/q;;;;;;5*-1;2*+2;+3/p-2. The van der Waals surface area contributed by atoms with E-state index < -0.39 is 39.0 Å². The first kappa shape index (κ1) is 100. The van der Waals surface area contributed by atoms with Crippen molar-refractivity contribution in [2.75, 3.05) is 0 Å². The van der Waals surface area contributed by atoms with Crippen LogP contribution in [0, 0.1) is 0 Å². The minimum atomic E-state index is -10.7. The fourth-order valence-corrected chi connectivity index (χ4v) is 5.49. The summed E-state index contributed by atoms with van der Waals surface area (Å²) in [4.78, 5) is 51.4. The van der Waals surface area contributed by atoms with Crippen LogP contribution in [0.5, 0.6) is 0 Å². The van der Waals surface area contributed by atoms with Gasteiger partial charge in [0.25, 0.3) is 0 Å². The number of hydrogen-bond acceptors (Lipinski definition) is 12. The molecule has 0 N–H and O–H groups in total. The molecule has 12 nitrogen and oxygen atoms in total. The van der Waals surface area contributed by atoms with E-state index in [1.807, 2.05) is 146 Å². The SMILES string of the molecule is F[P-](F)(F)(F)(F)F.F[P-](F)(F)(F)(F)F.F[P-](F)(F)(F)(F)F.F[P-](F)(F)(F)(F)F.F[P-](F)(F)(F)(F)F.[Cl-].[Cl-].[Os+2].[Os+2].[Rh+3].c1ccc(-c2ccccn2)nc1.c1ccc(-c2ccccn2)nc1.c1ccc(-c2nccnc2-c2ccccn2)nc1.c1ccc(-c2nccnc2-c2ccccn2)nc1. The molecule has 0 aliphatic heterocycles. The summed E-state index contributed by atoms with van der Waals surface area (Å²) >= 11 is 0. The van der Waals surface area contributed by atoms with Crippen molar-refractivity contribution in [3.8, 4) is 68.3 Å². The summed E-state index contributed by atoms with van der Waals surface area (Å²) in [6.45, 7) is 0. The Labute approximate surface area is 593 Å². The predicted octanol–water partition coefficient (Wildman–Crippen LogP) is 20.4. The van der Waals surface area contributed by atoms with Crippen molar-refractivity contribution in [2.45, 2.75) is 0 Å². The van der Waals surface area contributed by atoms with Gasteiger partial charge in [-0.3, -0.25) is 59.8 Å². The van der Waals surface area contributed by atoms with Gasteiger partial charge in [-0.15, -0.1) is 0 Å². The second-order valence-corrected chi connectivity index (χ2v) is 26.6. The van der Waals surface area contributed by atoms with Gasteiger partial charge in [0.2, 0.25) is 0 Å². The smallest absolute Gasteiger partial charge is 1.00 e. The van der Waals surface area contributed by atoms with Gasteiger partial charge in [0.15, 0.2) is 0 Å². The molecular formula is C48H36Cl2F30N12Os2P5Rh. The molecule has 10 rings (SSSR count). The van der Waals surface area contributed by atoms with Gasteiger partial charge in [0.1, 0.15) is 22.8 Å². The van der Waals surface area contributed by atoms with Crippen molar-refractivity contribution in [3.05, 3.63) is 220 Å². The molecule has 562 valence electrons. The molecule has 0 spiro atoms. The van der Waals surface area contributed by atoms with Crippen LogP contribution in [0.15, 0.2) is 220 Å². The number of nitrogens with zero attached hydrogens (tertiary/aromatic N) is 12. The van der Waals surface area contributed by atoms with Crippen LogP contribution in [0.1, 0.15) is 0 Å². The minimum Gasteiger partial charge on any atom is -1.00 e. The van der Waals surface area contributed by atoms with Gasteiger partial charge in [-0.25, -0.2) is 0 Å². The molecule has 10 aromatic heterocycles. The number of rotatable bonds is 6. The number of pyridine rings is 8. The van der Waals surface area contributed by atoms with E-state index in [9.17, 15) is 126 Å². The normalized spacial score (nSPS) is 14.1. The Morgan fingerprint density at radius 1 is 0.160 bits per heavy atom. The van der Waals surface area contributed by atoms with Crippen LogP contribution in [-0.2, 0) is 59.1 Å². The largest absolute Gasteiger partial charge is 3.00 e. The van der Waals surface area contributed by atoms with Gasteiger partial charge < -0.3 is 24.8 Å². The first-order chi connectivity index (χ1) is 42.1. The Bertz CT molecular complexity index is 3410. The van der Waals surface area contributed by atoms with Gasteiger partial charge in [0.05, 0.1) is 45.6 Å². The summed E-state index contributed by atoms with van der Waals surface area (Å²) in [6.07, 6.45) is 20.7. The zero-order valence-electron chi connectivity index (χ0n) is 47.5. The quantitative estimate of drug-likeness (QED) is 0.0884. The molecule has 0 saturated heterocycles. The summed E-state index contributed by atoms with van der Waals surface area (Å²) < 4.78 is 296. The molecule has 0 atom stereocenters. The number of hydrogen-bond donors (Lipinski definition) is 0. The first-order valence-corrected chi connectivity index (χ1v) is 34.0. The van der Waals surface area contributed by atoms with Gasteiger partial charge in [-0.05, 0) is 97.1 Å². The van der Waals surface area contributed by atoms with Crippen LogP contribution >= 0.6 is 39.0 Å². The van der Waals surface area contributed by atoms with E-state index in [0.29, 0.717) is 0 Å². The molecule has 0 aliphatic rings. The van der Waals surface area contributed by atoms with Crippen molar-refractivity contribution in [1.82, 2.24) is 59.8 Å². The summed E-state index contributed by atoms with van der Waals surface area (Å²) in [5.41, 5.74) is 9.84. The molecule has 0 aliphatic carbocycles. The molecule has 0 aromatic carbocycles. The predicted molar refractivity (Wildman–Crippen MR) is 300 cm³/mol. The van der Waals surface area contributed by atoms with Crippen molar-refractivity contribution in [3.63, 3.8) is 0 Å². The topological polar surface area (TPSA) is 155 Å². The third-order valence-electron chi connectivity index (χ3n) is 8.21. The maximum Gasteiger partial charge on any atom is 3.00 e. The first-order valence-electron chi connectivity index (χ1n) is 23.8. The Kier molecular flexibility index (Phi) is 33.6. The van der Waals surface area contributed by atoms with Crippen molar-refractivity contribution in [2.24, 2.45) is 0 Å². The third-order valence-corrected chi connectivity index (χ3v) is 8.21. The fraction of sp³-hybridized carbons (Fsp3) is 0. The van der Waals surface area contributed by atoms with Gasteiger partial charge in [0, 0.05) is 74.4 Å². The monoisotopic (exact) mass is 2060 g/mol. The Hall–Kier alpha value is -6.11. The molecule has 0 saturated carbocycles. The van der Waals surface area contributed by atoms with Crippen LogP contribution in [0.4, 0.5) is 126 Å². The van der Waals surface area contributed by atoms with E-state index in [-0.39, 0.29) is 83.9 Å². The maximum atomic E-state index is 9.87. The molecule has 0 radical (unpaired) electrons. The molecule has 100 heavy (non-hydrogen) atoms. The van der Waals surface area contributed by atoms with E-state index >= 15 is 0 Å². The zero-order valence-corrected chi connectivity index (χ0v) is 60.2. The fourth-order valence-electron chi connectivity index (χ4n) is 5.49. The van der Waals surface area contributed by atoms with E-state index in [1.54, 1.807) is 74.4 Å². The molecule has 0 unspecified atom stereocenters. The van der Waals surface area contributed by atoms with Crippen LogP contribution in [-0.4, -0.2) is 59.8 Å². The van der Waals surface area contributed by atoms with Crippen LogP contribution in [0.3, 0.4) is 0 Å². The van der Waals surface area contributed by atoms with Crippen molar-refractivity contribution in [1.29, 1.82) is 0 Å². The Morgan fingerprint density at radius 3 is 0.350 bits per heavy atom. The molecule has 10 heterocycles. The Morgan fingerprint density at radius 2 is 0.260 bits per heavy atom. The second kappa shape index (κ2) is 33.6. The van der Waals surface area contributed by atoms with E-state index in [4.69, 9.17) is 0 Å². The van der Waals surface area contributed by atoms with E-state index in [2.05, 4.69) is 59.8 Å². The Balaban J connectivity index is -0.000000531. The van der Waals surface area contributed by atoms with Crippen LogP contribution in [0.25, 0.3) is 68.3 Å². The van der Waals surface area contributed by atoms with Crippen LogP contribution in [0.2, 0.25) is 0 Å². The van der Waals surface area contributed by atoms with E-state index in [0.717, 1.165) is 68.3 Å². The maximum absolute atomic E-state index is 10.7. The summed E-state index contributed by atoms with van der Waals surface area (Å²) in [5.74, 6) is 0. The zero-order chi connectivity index (χ0) is 72.9. The summed E-state index contributed by atoms with van der Waals surface area (Å²) in [7, 11) is -53.3. The van der Waals surface area contributed by atoms with Crippen molar-refractivity contribution >= 4 is 39.0 Å². The molecule has 0 bridgehead atoms. The van der Waals surface area contributed by atoms with Gasteiger partial charge in [-0.1, -0.05) is 48.5 Å². The average molecular weight is 2060 g/mol. The van der Waals surface area contributed by atoms with Gasteiger partial charge >= 0.3 is 224 Å². The minimum absolute atomic E-state index is 0. The molecule has 0 fully saturated rings.